The molecule has 3 rings (SSSR count). The highest BCUT2D eigenvalue weighted by atomic mass is 35.5. The summed E-state index contributed by atoms with van der Waals surface area (Å²) in [7, 11) is -3.46. The van der Waals surface area contributed by atoms with E-state index in [1.807, 2.05) is 6.92 Å². The summed E-state index contributed by atoms with van der Waals surface area (Å²) in [5.41, 5.74) is 1.26. The fraction of sp³-hybridized carbons (Fsp3) is 0.476. The Balaban J connectivity index is 1.90. The number of aryl methyl sites for hydroxylation is 1. The molecule has 1 heterocycles. The summed E-state index contributed by atoms with van der Waals surface area (Å²) in [4.78, 5) is 21.3. The number of sulfone groups is 1. The first-order chi connectivity index (χ1) is 14.2. The van der Waals surface area contributed by atoms with Gasteiger partial charge in [-0.05, 0) is 36.5 Å². The van der Waals surface area contributed by atoms with Crippen LogP contribution in [0.1, 0.15) is 56.2 Å². The van der Waals surface area contributed by atoms with Gasteiger partial charge in [-0.3, -0.25) is 4.79 Å². The van der Waals surface area contributed by atoms with Gasteiger partial charge < -0.3 is 10.4 Å². The van der Waals surface area contributed by atoms with Gasteiger partial charge in [0.05, 0.1) is 27.7 Å². The van der Waals surface area contributed by atoms with Gasteiger partial charge in [0.15, 0.2) is 15.7 Å². The Hall–Kier alpha value is -2.19. The van der Waals surface area contributed by atoms with Crippen LogP contribution in [0.4, 0.5) is 5.82 Å². The summed E-state index contributed by atoms with van der Waals surface area (Å²) in [5.74, 6) is -0.804. The van der Waals surface area contributed by atoms with Crippen molar-refractivity contribution in [3.63, 3.8) is 0 Å². The highest BCUT2D eigenvalue weighted by Gasteiger charge is 2.28. The number of carbonyl (C=O) groups excluding carboxylic acids is 1. The number of aromatic nitrogens is 2. The lowest BCUT2D eigenvalue weighted by Crippen LogP contribution is -2.24. The molecule has 1 atom stereocenters. The van der Waals surface area contributed by atoms with Crippen LogP contribution in [0.15, 0.2) is 29.3 Å². The van der Waals surface area contributed by atoms with Crippen LogP contribution in [-0.4, -0.2) is 35.7 Å². The Morgan fingerprint density at radius 3 is 2.60 bits per heavy atom. The number of nitrogens with zero attached hydrogens (tertiary/aromatic N) is 2. The summed E-state index contributed by atoms with van der Waals surface area (Å²) in [6, 6.07) is 4.62. The molecule has 7 nitrogen and oxygen atoms in total. The third-order valence-electron chi connectivity index (χ3n) is 5.53. The highest BCUT2D eigenvalue weighted by Crippen LogP contribution is 2.36. The van der Waals surface area contributed by atoms with Crippen molar-refractivity contribution in [2.45, 2.75) is 56.3 Å². The minimum absolute atomic E-state index is 0.00692. The number of hydrogen-bond donors (Lipinski definition) is 2. The fourth-order valence-electron chi connectivity index (χ4n) is 3.89. The summed E-state index contributed by atoms with van der Waals surface area (Å²) in [6.45, 7) is 1.89. The Morgan fingerprint density at radius 1 is 1.33 bits per heavy atom. The molecular formula is C21H26ClN3O4S. The van der Waals surface area contributed by atoms with Crippen LogP contribution in [0.5, 0.6) is 5.88 Å². The van der Waals surface area contributed by atoms with E-state index in [0.29, 0.717) is 30.0 Å². The average molecular weight is 452 g/mol. The minimum Gasteiger partial charge on any atom is -0.491 e. The number of hydrogen-bond acceptors (Lipinski definition) is 6. The average Bonchev–Trinajstić information content (AvgIpc) is 3.19. The van der Waals surface area contributed by atoms with Gasteiger partial charge in [-0.25, -0.2) is 18.4 Å². The molecule has 0 bridgehead atoms. The van der Waals surface area contributed by atoms with Crippen LogP contribution in [0.25, 0.3) is 0 Å². The van der Waals surface area contributed by atoms with Crippen molar-refractivity contribution in [3.05, 3.63) is 40.7 Å². The van der Waals surface area contributed by atoms with Crippen LogP contribution < -0.4 is 5.32 Å². The van der Waals surface area contributed by atoms with E-state index in [1.165, 1.54) is 12.3 Å². The molecule has 1 aliphatic carbocycles. The molecule has 1 amide bonds. The normalized spacial score (nSPS) is 15.8. The summed E-state index contributed by atoms with van der Waals surface area (Å²) in [5, 5.41) is 12.9. The zero-order chi connectivity index (χ0) is 21.9. The van der Waals surface area contributed by atoms with Gasteiger partial charge in [-0.15, -0.1) is 0 Å². The van der Waals surface area contributed by atoms with Crippen LogP contribution >= 0.6 is 11.6 Å². The van der Waals surface area contributed by atoms with Gasteiger partial charge in [0.25, 0.3) is 5.88 Å². The van der Waals surface area contributed by atoms with Gasteiger partial charge in [0.2, 0.25) is 5.91 Å². The maximum atomic E-state index is 13.1. The van der Waals surface area contributed by atoms with Crippen LogP contribution in [0.3, 0.4) is 0 Å². The standard InChI is InChI=1S/C21H26ClN3O4S/c1-3-15-12-23-19(21(27)24-15)25-20(26)16(10-13-6-4-5-7-13)14-8-9-18(17(22)11-14)30(2,28)29/h8-9,11-13,16H,3-7,10H2,1-2H3,(H,24,27)(H,23,25,26). The number of nitrogens with one attached hydrogen (secondary N) is 1. The fourth-order valence-corrected chi connectivity index (χ4v) is 5.22. The van der Waals surface area contributed by atoms with Crippen molar-refractivity contribution in [2.24, 2.45) is 5.92 Å². The SMILES string of the molecule is CCc1cnc(NC(=O)C(CC2CCCC2)c2ccc(S(C)(=O)=O)c(Cl)c2)c(O)n1. The number of anilines is 1. The first-order valence-corrected chi connectivity index (χ1v) is 12.3. The van der Waals surface area contributed by atoms with Crippen LogP contribution in [0, 0.1) is 5.92 Å². The highest BCUT2D eigenvalue weighted by molar-refractivity contribution is 7.90. The molecule has 0 saturated heterocycles. The van der Waals surface area contributed by atoms with Gasteiger partial charge in [0.1, 0.15) is 0 Å². The Labute approximate surface area is 181 Å². The van der Waals surface area contributed by atoms with Gasteiger partial charge in [0, 0.05) is 6.26 Å². The number of rotatable bonds is 7. The molecule has 1 fully saturated rings. The summed E-state index contributed by atoms with van der Waals surface area (Å²) in [6.07, 6.45) is 8.21. The molecule has 162 valence electrons. The molecule has 1 aromatic heterocycles. The number of amides is 1. The molecule has 30 heavy (non-hydrogen) atoms. The van der Waals surface area contributed by atoms with E-state index in [0.717, 1.165) is 31.9 Å². The zero-order valence-corrected chi connectivity index (χ0v) is 18.6. The summed E-state index contributed by atoms with van der Waals surface area (Å²) < 4.78 is 23.7. The largest absolute Gasteiger partial charge is 0.491 e. The number of carbonyl (C=O) groups is 1. The molecule has 2 aromatic rings. The van der Waals surface area contributed by atoms with E-state index in [1.54, 1.807) is 12.1 Å². The van der Waals surface area contributed by atoms with Gasteiger partial charge in [-0.1, -0.05) is 50.3 Å². The van der Waals surface area contributed by atoms with Crippen molar-refractivity contribution in [1.29, 1.82) is 0 Å². The molecule has 1 unspecified atom stereocenters. The van der Waals surface area contributed by atoms with E-state index in [2.05, 4.69) is 15.3 Å². The van der Waals surface area contributed by atoms with E-state index < -0.39 is 15.8 Å². The van der Waals surface area contributed by atoms with Crippen molar-refractivity contribution in [1.82, 2.24) is 9.97 Å². The van der Waals surface area contributed by atoms with Gasteiger partial charge >= 0.3 is 0 Å². The second kappa shape index (κ2) is 9.31. The second-order valence-corrected chi connectivity index (χ2v) is 10.2. The minimum atomic E-state index is -3.46. The van der Waals surface area contributed by atoms with Crippen molar-refractivity contribution in [3.8, 4) is 5.88 Å². The first kappa shape index (κ1) is 22.5. The Kier molecular flexibility index (Phi) is 6.98. The molecule has 0 radical (unpaired) electrons. The molecular weight excluding hydrogens is 426 g/mol. The van der Waals surface area contributed by atoms with Crippen molar-refractivity contribution >= 4 is 33.2 Å². The number of aromatic hydroxyl groups is 1. The third kappa shape index (κ3) is 5.29. The lowest BCUT2D eigenvalue weighted by atomic mass is 9.87. The van der Waals surface area contributed by atoms with Gasteiger partial charge in [-0.2, -0.15) is 0 Å². The zero-order valence-electron chi connectivity index (χ0n) is 17.1. The predicted molar refractivity (Wildman–Crippen MR) is 116 cm³/mol. The van der Waals surface area contributed by atoms with Crippen molar-refractivity contribution < 1.29 is 18.3 Å². The molecule has 9 heteroatoms. The second-order valence-electron chi connectivity index (χ2n) is 7.78. The number of halogens is 1. The lowest BCUT2D eigenvalue weighted by molar-refractivity contribution is -0.118. The lowest BCUT2D eigenvalue weighted by Gasteiger charge is -2.21. The predicted octanol–water partition coefficient (Wildman–Crippen LogP) is 4.10. The van der Waals surface area contributed by atoms with Crippen molar-refractivity contribution in [2.75, 3.05) is 11.6 Å². The van der Waals surface area contributed by atoms with E-state index >= 15 is 0 Å². The maximum Gasteiger partial charge on any atom is 0.255 e. The molecule has 2 N–H and O–H groups in total. The molecule has 1 saturated carbocycles. The first-order valence-electron chi connectivity index (χ1n) is 10.0. The van der Waals surface area contributed by atoms with E-state index in [9.17, 15) is 18.3 Å². The maximum absolute atomic E-state index is 13.1. The molecule has 1 aliphatic rings. The van der Waals surface area contributed by atoms with E-state index in [4.69, 9.17) is 11.6 Å². The molecule has 0 aliphatic heterocycles. The Bertz CT molecular complexity index is 1040. The number of benzene rings is 1. The smallest absolute Gasteiger partial charge is 0.255 e. The topological polar surface area (TPSA) is 109 Å². The van der Waals surface area contributed by atoms with Crippen LogP contribution in [0.2, 0.25) is 5.02 Å². The van der Waals surface area contributed by atoms with E-state index in [-0.39, 0.29) is 27.5 Å². The third-order valence-corrected chi connectivity index (χ3v) is 7.11. The molecule has 0 spiro atoms. The summed E-state index contributed by atoms with van der Waals surface area (Å²) >= 11 is 6.23. The molecule has 1 aromatic carbocycles. The monoisotopic (exact) mass is 451 g/mol. The Morgan fingerprint density at radius 2 is 2.03 bits per heavy atom. The quantitative estimate of drug-likeness (QED) is 0.655. The van der Waals surface area contributed by atoms with Crippen LogP contribution in [-0.2, 0) is 21.1 Å².